The molecule has 0 unspecified atom stereocenters. The number of carbonyl (C=O) groups excluding carboxylic acids is 1. The van der Waals surface area contributed by atoms with Crippen LogP contribution in [0.5, 0.6) is 0 Å². The average molecular weight is 406 g/mol. The molecular weight excluding hydrogens is 380 g/mol. The van der Waals surface area contributed by atoms with E-state index < -0.39 is 0 Å². The van der Waals surface area contributed by atoms with Crippen LogP contribution in [0.25, 0.3) is 5.82 Å². The molecule has 1 saturated heterocycles. The minimum Gasteiger partial charge on any atom is -0.379 e. The summed E-state index contributed by atoms with van der Waals surface area (Å²) >= 11 is 0. The van der Waals surface area contributed by atoms with E-state index in [0.717, 1.165) is 49.8 Å². The fourth-order valence-electron chi connectivity index (χ4n) is 3.40. The smallest absolute Gasteiger partial charge is 0.315 e. The summed E-state index contributed by atoms with van der Waals surface area (Å²) in [6, 6.07) is 13.7. The molecule has 0 bridgehead atoms. The standard InChI is InChI=1S/C22H26N6O2/c29-22(24-15-18-6-8-23-21(14-18)28-9-3-7-26-28)25-16-19-4-1-2-5-20(19)17-27-10-12-30-13-11-27/h1-9,14H,10-13,15-17H2,(H2,24,25,29). The number of benzene rings is 1. The number of ether oxygens (including phenoxy) is 1. The lowest BCUT2D eigenvalue weighted by Crippen LogP contribution is -2.37. The Hall–Kier alpha value is -3.23. The van der Waals surface area contributed by atoms with E-state index >= 15 is 0 Å². The zero-order valence-electron chi connectivity index (χ0n) is 16.8. The van der Waals surface area contributed by atoms with E-state index in [4.69, 9.17) is 4.74 Å². The molecule has 156 valence electrons. The van der Waals surface area contributed by atoms with Gasteiger partial charge in [-0.3, -0.25) is 4.90 Å². The molecule has 0 radical (unpaired) electrons. The lowest BCUT2D eigenvalue weighted by Gasteiger charge is -2.27. The second-order valence-corrected chi connectivity index (χ2v) is 7.17. The van der Waals surface area contributed by atoms with Crippen molar-refractivity contribution in [3.63, 3.8) is 0 Å². The number of amides is 2. The van der Waals surface area contributed by atoms with Crippen molar-refractivity contribution < 1.29 is 9.53 Å². The summed E-state index contributed by atoms with van der Waals surface area (Å²) < 4.78 is 7.11. The lowest BCUT2D eigenvalue weighted by atomic mass is 10.1. The molecule has 0 spiro atoms. The fraction of sp³-hybridized carbons (Fsp3) is 0.318. The topological polar surface area (TPSA) is 84.3 Å². The molecule has 4 rings (SSSR count). The monoisotopic (exact) mass is 406 g/mol. The number of carbonyl (C=O) groups is 1. The summed E-state index contributed by atoms with van der Waals surface area (Å²) in [5, 5.41) is 10.1. The molecule has 1 fully saturated rings. The SMILES string of the molecule is O=C(NCc1ccnc(-n2cccn2)c1)NCc1ccccc1CN1CCOCC1. The Morgan fingerprint density at radius 3 is 2.60 bits per heavy atom. The highest BCUT2D eigenvalue weighted by atomic mass is 16.5. The number of hydrogen-bond acceptors (Lipinski definition) is 5. The van der Waals surface area contributed by atoms with Crippen molar-refractivity contribution in [1.29, 1.82) is 0 Å². The van der Waals surface area contributed by atoms with Crippen LogP contribution in [0.1, 0.15) is 16.7 Å². The lowest BCUT2D eigenvalue weighted by molar-refractivity contribution is 0.0341. The summed E-state index contributed by atoms with van der Waals surface area (Å²) in [4.78, 5) is 19.0. The van der Waals surface area contributed by atoms with Crippen LogP contribution in [-0.2, 0) is 24.4 Å². The van der Waals surface area contributed by atoms with Gasteiger partial charge >= 0.3 is 6.03 Å². The minimum atomic E-state index is -0.200. The maximum absolute atomic E-state index is 12.3. The number of pyridine rings is 1. The number of urea groups is 1. The molecule has 8 heteroatoms. The Bertz CT molecular complexity index is 954. The van der Waals surface area contributed by atoms with Crippen LogP contribution in [-0.4, -0.2) is 52.0 Å². The van der Waals surface area contributed by atoms with Gasteiger partial charge in [-0.1, -0.05) is 24.3 Å². The van der Waals surface area contributed by atoms with Gasteiger partial charge in [-0.2, -0.15) is 5.10 Å². The van der Waals surface area contributed by atoms with Crippen LogP contribution in [0.15, 0.2) is 61.1 Å². The van der Waals surface area contributed by atoms with Crippen molar-refractivity contribution in [3.8, 4) is 5.82 Å². The van der Waals surface area contributed by atoms with Gasteiger partial charge in [0, 0.05) is 51.3 Å². The van der Waals surface area contributed by atoms with Crippen molar-refractivity contribution in [2.45, 2.75) is 19.6 Å². The third kappa shape index (κ3) is 5.43. The van der Waals surface area contributed by atoms with Crippen molar-refractivity contribution in [3.05, 3.63) is 77.7 Å². The number of rotatable bonds is 7. The van der Waals surface area contributed by atoms with Crippen LogP contribution >= 0.6 is 0 Å². The number of morpholine rings is 1. The van der Waals surface area contributed by atoms with Crippen molar-refractivity contribution >= 4 is 6.03 Å². The largest absolute Gasteiger partial charge is 0.379 e. The van der Waals surface area contributed by atoms with Crippen molar-refractivity contribution in [1.82, 2.24) is 30.3 Å². The summed E-state index contributed by atoms with van der Waals surface area (Å²) in [6.07, 6.45) is 5.26. The van der Waals surface area contributed by atoms with Gasteiger partial charge in [-0.15, -0.1) is 0 Å². The number of hydrogen-bond donors (Lipinski definition) is 2. The molecule has 3 heterocycles. The molecule has 1 aliphatic heterocycles. The number of nitrogens with one attached hydrogen (secondary N) is 2. The zero-order valence-corrected chi connectivity index (χ0v) is 16.8. The Balaban J connectivity index is 1.29. The predicted octanol–water partition coefficient (Wildman–Crippen LogP) is 2.10. The molecule has 0 atom stereocenters. The van der Waals surface area contributed by atoms with Gasteiger partial charge in [0.25, 0.3) is 0 Å². The highest BCUT2D eigenvalue weighted by Crippen LogP contribution is 2.13. The molecule has 0 saturated carbocycles. The second-order valence-electron chi connectivity index (χ2n) is 7.17. The third-order valence-corrected chi connectivity index (χ3v) is 5.06. The quantitative estimate of drug-likeness (QED) is 0.628. The first-order valence-electron chi connectivity index (χ1n) is 10.1. The van der Waals surface area contributed by atoms with Gasteiger partial charge in [0.2, 0.25) is 0 Å². The number of nitrogens with zero attached hydrogens (tertiary/aromatic N) is 4. The van der Waals surface area contributed by atoms with Crippen molar-refractivity contribution in [2.75, 3.05) is 26.3 Å². The molecule has 2 amide bonds. The molecular formula is C22H26N6O2. The van der Waals surface area contributed by atoms with E-state index in [1.165, 1.54) is 5.56 Å². The zero-order chi connectivity index (χ0) is 20.6. The first-order chi connectivity index (χ1) is 14.8. The Kier molecular flexibility index (Phi) is 6.68. The number of aromatic nitrogens is 3. The first-order valence-corrected chi connectivity index (χ1v) is 10.1. The van der Waals surface area contributed by atoms with Crippen LogP contribution in [0, 0.1) is 0 Å². The molecule has 0 aliphatic carbocycles. The van der Waals surface area contributed by atoms with Gasteiger partial charge in [0.1, 0.15) is 0 Å². The summed E-state index contributed by atoms with van der Waals surface area (Å²) in [5.74, 6) is 0.719. The van der Waals surface area contributed by atoms with Gasteiger partial charge in [0.05, 0.1) is 13.2 Å². The van der Waals surface area contributed by atoms with Crippen LogP contribution in [0.4, 0.5) is 4.79 Å². The Morgan fingerprint density at radius 1 is 1.00 bits per heavy atom. The summed E-state index contributed by atoms with van der Waals surface area (Å²) in [6.45, 7) is 5.21. The molecule has 30 heavy (non-hydrogen) atoms. The van der Waals surface area contributed by atoms with Crippen LogP contribution in [0.2, 0.25) is 0 Å². The fourth-order valence-corrected chi connectivity index (χ4v) is 3.40. The van der Waals surface area contributed by atoms with E-state index in [2.05, 4.69) is 37.7 Å². The van der Waals surface area contributed by atoms with Gasteiger partial charge in [-0.25, -0.2) is 14.5 Å². The van der Waals surface area contributed by atoms with Gasteiger partial charge in [0.15, 0.2) is 5.82 Å². The van der Waals surface area contributed by atoms with Crippen molar-refractivity contribution in [2.24, 2.45) is 0 Å². The third-order valence-electron chi connectivity index (χ3n) is 5.06. The van der Waals surface area contributed by atoms with E-state index in [0.29, 0.717) is 13.1 Å². The van der Waals surface area contributed by atoms with E-state index in [1.54, 1.807) is 17.1 Å². The maximum atomic E-state index is 12.3. The Labute approximate surface area is 175 Å². The minimum absolute atomic E-state index is 0.200. The molecule has 2 N–H and O–H groups in total. The highest BCUT2D eigenvalue weighted by Gasteiger charge is 2.13. The second kappa shape index (κ2) is 10.00. The van der Waals surface area contributed by atoms with E-state index in [-0.39, 0.29) is 6.03 Å². The summed E-state index contributed by atoms with van der Waals surface area (Å²) in [5.41, 5.74) is 3.32. The highest BCUT2D eigenvalue weighted by molar-refractivity contribution is 5.73. The van der Waals surface area contributed by atoms with E-state index in [1.807, 2.05) is 36.5 Å². The van der Waals surface area contributed by atoms with E-state index in [9.17, 15) is 4.79 Å². The molecule has 1 aliphatic rings. The van der Waals surface area contributed by atoms with Gasteiger partial charge < -0.3 is 15.4 Å². The molecule has 3 aromatic rings. The molecule has 1 aromatic carbocycles. The molecule has 8 nitrogen and oxygen atoms in total. The van der Waals surface area contributed by atoms with Crippen LogP contribution < -0.4 is 10.6 Å². The van der Waals surface area contributed by atoms with Gasteiger partial charge in [-0.05, 0) is 34.9 Å². The Morgan fingerprint density at radius 2 is 1.80 bits per heavy atom. The maximum Gasteiger partial charge on any atom is 0.315 e. The predicted molar refractivity (Wildman–Crippen MR) is 113 cm³/mol. The first kappa shape index (κ1) is 20.1. The summed E-state index contributed by atoms with van der Waals surface area (Å²) in [7, 11) is 0. The van der Waals surface area contributed by atoms with Crippen LogP contribution in [0.3, 0.4) is 0 Å². The molecule has 2 aromatic heterocycles. The average Bonchev–Trinajstić information content (AvgIpc) is 3.33. The normalized spacial score (nSPS) is 14.4.